The summed E-state index contributed by atoms with van der Waals surface area (Å²) in [6.45, 7) is 1.60. The molecule has 0 saturated carbocycles. The first kappa shape index (κ1) is 90.4. The molecule has 3 heterocycles. The van der Waals surface area contributed by atoms with Crippen molar-refractivity contribution in [3.63, 3.8) is 0 Å². The molecule has 0 aromatic heterocycles. The third kappa shape index (κ3) is 40.5. The summed E-state index contributed by atoms with van der Waals surface area (Å²) in [7, 11) is 0. The van der Waals surface area contributed by atoms with E-state index in [0.717, 1.165) is 103 Å². The molecular formula is C81H137NO18. The molecule has 0 aromatic rings. The molecule has 3 saturated heterocycles. The number of rotatable bonds is 59. The fourth-order valence-corrected chi connectivity index (χ4v) is 12.3. The average Bonchev–Trinajstić information content (AvgIpc) is 0.783. The number of unbranched alkanes of at least 4 members (excludes halogenated alkanes) is 25. The molecule has 0 aliphatic carbocycles. The summed E-state index contributed by atoms with van der Waals surface area (Å²) in [6.07, 6.45) is 57.4. The fourth-order valence-electron chi connectivity index (χ4n) is 12.3. The van der Waals surface area contributed by atoms with Gasteiger partial charge in [0.25, 0.3) is 0 Å². The second-order valence-corrected chi connectivity index (χ2v) is 27.1. The van der Waals surface area contributed by atoms with Gasteiger partial charge < -0.3 is 89.9 Å². The zero-order valence-corrected chi connectivity index (χ0v) is 61.1. The minimum atomic E-state index is -1.99. The Hall–Kier alpha value is -3.81. The maximum atomic E-state index is 13.5. The summed E-state index contributed by atoms with van der Waals surface area (Å²) >= 11 is 0. The van der Waals surface area contributed by atoms with Crippen molar-refractivity contribution in [3.05, 3.63) is 122 Å². The second-order valence-electron chi connectivity index (χ2n) is 27.1. The van der Waals surface area contributed by atoms with Gasteiger partial charge in [-0.1, -0.05) is 277 Å². The summed E-state index contributed by atoms with van der Waals surface area (Å²) in [4.78, 5) is 13.5. The van der Waals surface area contributed by atoms with Gasteiger partial charge >= 0.3 is 0 Å². The van der Waals surface area contributed by atoms with Crippen LogP contribution in [0.5, 0.6) is 0 Å². The zero-order valence-electron chi connectivity index (χ0n) is 61.1. The highest BCUT2D eigenvalue weighted by Gasteiger charge is 2.53. The van der Waals surface area contributed by atoms with Crippen LogP contribution in [-0.2, 0) is 33.2 Å². The number of amides is 1. The van der Waals surface area contributed by atoms with E-state index in [9.17, 15) is 61.0 Å². The minimum Gasteiger partial charge on any atom is -0.394 e. The number of aliphatic hydroxyl groups is 11. The van der Waals surface area contributed by atoms with Gasteiger partial charge in [-0.25, -0.2) is 0 Å². The molecule has 0 aromatic carbocycles. The van der Waals surface area contributed by atoms with E-state index in [-0.39, 0.29) is 18.9 Å². The van der Waals surface area contributed by atoms with Gasteiger partial charge in [0.15, 0.2) is 18.9 Å². The normalized spacial score (nSPS) is 27.1. The lowest BCUT2D eigenvalue weighted by molar-refractivity contribution is -0.379. The average molecular weight is 1410 g/mol. The predicted molar refractivity (Wildman–Crippen MR) is 397 cm³/mol. The van der Waals surface area contributed by atoms with E-state index < -0.39 is 124 Å². The largest absolute Gasteiger partial charge is 0.394 e. The Kier molecular flexibility index (Phi) is 54.7. The van der Waals surface area contributed by atoms with Crippen molar-refractivity contribution in [3.8, 4) is 0 Å². The van der Waals surface area contributed by atoms with Crippen LogP contribution in [0.4, 0.5) is 0 Å². The van der Waals surface area contributed by atoms with E-state index in [4.69, 9.17) is 28.4 Å². The highest BCUT2D eigenvalue weighted by molar-refractivity contribution is 5.76. The van der Waals surface area contributed by atoms with Gasteiger partial charge in [-0.3, -0.25) is 4.79 Å². The number of hydrogen-bond acceptors (Lipinski definition) is 18. The molecule has 0 spiro atoms. The van der Waals surface area contributed by atoms with E-state index in [1.165, 1.54) is 122 Å². The molecular weight excluding hydrogens is 1270 g/mol. The monoisotopic (exact) mass is 1410 g/mol. The number of nitrogens with one attached hydrogen (secondary N) is 1. The molecule has 1 amide bonds. The lowest BCUT2D eigenvalue weighted by Crippen LogP contribution is -2.66. The van der Waals surface area contributed by atoms with Crippen molar-refractivity contribution < 1.29 is 89.4 Å². The second kappa shape index (κ2) is 60.5. The molecule has 0 bridgehead atoms. The van der Waals surface area contributed by atoms with Crippen LogP contribution >= 0.6 is 0 Å². The molecule has 12 N–H and O–H groups in total. The number of hydrogen-bond donors (Lipinski definition) is 12. The number of aliphatic hydroxyl groups excluding tert-OH is 11. The Morgan fingerprint density at radius 1 is 0.370 bits per heavy atom. The quantitative estimate of drug-likeness (QED) is 0.0199. The molecule has 19 nitrogen and oxygen atoms in total. The minimum absolute atomic E-state index is 0.195. The lowest BCUT2D eigenvalue weighted by atomic mass is 9.96. The van der Waals surface area contributed by atoms with E-state index in [1.807, 2.05) is 6.08 Å². The Labute approximate surface area is 601 Å². The van der Waals surface area contributed by atoms with Crippen molar-refractivity contribution in [2.24, 2.45) is 0 Å². The van der Waals surface area contributed by atoms with E-state index in [0.29, 0.717) is 6.42 Å². The highest BCUT2D eigenvalue weighted by atomic mass is 16.8. The van der Waals surface area contributed by atoms with Gasteiger partial charge in [0, 0.05) is 6.42 Å². The van der Waals surface area contributed by atoms with Crippen molar-refractivity contribution in [1.82, 2.24) is 5.32 Å². The van der Waals surface area contributed by atoms with Crippen LogP contribution in [0.15, 0.2) is 122 Å². The molecule has 17 unspecified atom stereocenters. The van der Waals surface area contributed by atoms with Crippen molar-refractivity contribution in [2.45, 2.75) is 356 Å². The van der Waals surface area contributed by atoms with Crippen molar-refractivity contribution >= 4 is 5.91 Å². The standard InChI is InChI=1S/C81H137NO18/c1-3-5-7-9-11-13-15-17-19-21-23-25-27-29-30-31-32-33-34-35-37-39-41-43-45-47-49-51-53-55-57-59-69(87)82-64(65(86)58-56-54-52-50-48-46-44-42-40-38-36-28-26-24-22-20-18-16-14-12-10-8-6-4-2)63-95-79-75(93)72(90)77(67(61-84)97-79)100-81-76(94)73(91)78(68(62-85)98-81)99-80-74(92)71(89)70(88)66(60-83)96-80/h5,7,11,13,17,19,23,25,29-30,32-33,35,37,41,43,47,49,56,58,64-68,70-81,83-86,88-94H,3-4,6,8-10,12,14-16,18,20-22,24,26-28,31,34,36,38-40,42,44-46,48,50-55,57,59-63H2,1-2H3,(H,82,87)/b7-5-,13-11-,19-17-,25-23-,30-29-,33-32-,37-35-,43-41-,49-47-,58-56+. The summed E-state index contributed by atoms with van der Waals surface area (Å²) in [5, 5.41) is 121. The van der Waals surface area contributed by atoms with Crippen LogP contribution in [0, 0.1) is 0 Å². The van der Waals surface area contributed by atoms with Crippen LogP contribution in [0.3, 0.4) is 0 Å². The topological polar surface area (TPSA) is 307 Å². The Morgan fingerprint density at radius 2 is 0.690 bits per heavy atom. The SMILES string of the molecule is CC/C=C\C/C=C\C/C=C\C/C=C\C/C=C\C/C=C\C/C=C\C/C=C\C/C=C\CCCCCC(=O)NC(COC1OC(CO)C(OC2OC(CO)C(OC3OC(CO)C(O)C(O)C3O)C(O)C2O)C(O)C1O)C(O)/C=C/CCCCCCCCCCCCCCCCCCCCCCCC. The van der Waals surface area contributed by atoms with E-state index in [1.54, 1.807) is 6.08 Å². The Balaban J connectivity index is 1.42. The third-order valence-electron chi connectivity index (χ3n) is 18.5. The molecule has 0 radical (unpaired) electrons. The molecule has 100 heavy (non-hydrogen) atoms. The van der Waals surface area contributed by atoms with Gasteiger partial charge in [0.05, 0.1) is 38.6 Å². The molecule has 3 aliphatic rings. The maximum absolute atomic E-state index is 13.5. The fraction of sp³-hybridized carbons (Fsp3) is 0.741. The molecule has 17 atom stereocenters. The summed E-state index contributed by atoms with van der Waals surface area (Å²) in [5.41, 5.74) is 0. The van der Waals surface area contributed by atoms with Crippen LogP contribution in [-0.4, -0.2) is 193 Å². The first-order valence-corrected chi connectivity index (χ1v) is 38.8. The predicted octanol–water partition coefficient (Wildman–Crippen LogP) is 12.3. The number of carbonyl (C=O) groups excluding carboxylic acids is 1. The highest BCUT2D eigenvalue weighted by Crippen LogP contribution is 2.33. The first-order chi connectivity index (χ1) is 48.8. The molecule has 3 aliphatic heterocycles. The Bertz CT molecular complexity index is 2280. The van der Waals surface area contributed by atoms with Crippen LogP contribution < -0.4 is 5.32 Å². The van der Waals surface area contributed by atoms with Gasteiger partial charge in [-0.15, -0.1) is 0 Å². The Morgan fingerprint density at radius 3 is 1.08 bits per heavy atom. The van der Waals surface area contributed by atoms with Gasteiger partial charge in [0.2, 0.25) is 5.91 Å². The molecule has 19 heteroatoms. The first-order valence-electron chi connectivity index (χ1n) is 38.8. The van der Waals surface area contributed by atoms with Crippen LogP contribution in [0.1, 0.15) is 251 Å². The van der Waals surface area contributed by atoms with Crippen LogP contribution in [0.2, 0.25) is 0 Å². The molecule has 3 fully saturated rings. The van der Waals surface area contributed by atoms with Crippen molar-refractivity contribution in [1.29, 1.82) is 0 Å². The summed E-state index contributed by atoms with van der Waals surface area (Å²) < 4.78 is 34.4. The third-order valence-corrected chi connectivity index (χ3v) is 18.5. The lowest BCUT2D eigenvalue weighted by Gasteiger charge is -2.48. The van der Waals surface area contributed by atoms with Crippen LogP contribution in [0.25, 0.3) is 0 Å². The summed E-state index contributed by atoms with van der Waals surface area (Å²) in [6, 6.07) is -1.00. The van der Waals surface area contributed by atoms with E-state index in [2.05, 4.69) is 129 Å². The molecule has 3 rings (SSSR count). The van der Waals surface area contributed by atoms with Gasteiger partial charge in [-0.05, 0) is 89.9 Å². The van der Waals surface area contributed by atoms with Gasteiger partial charge in [0.1, 0.15) is 73.2 Å². The zero-order chi connectivity index (χ0) is 72.5. The number of carbonyl (C=O) groups is 1. The summed E-state index contributed by atoms with van der Waals surface area (Å²) in [5.74, 6) is -0.310. The van der Waals surface area contributed by atoms with Crippen molar-refractivity contribution in [2.75, 3.05) is 26.4 Å². The van der Waals surface area contributed by atoms with E-state index >= 15 is 0 Å². The maximum Gasteiger partial charge on any atom is 0.220 e. The molecule has 574 valence electrons. The number of ether oxygens (including phenoxy) is 6. The van der Waals surface area contributed by atoms with Gasteiger partial charge in [-0.2, -0.15) is 0 Å². The smallest absolute Gasteiger partial charge is 0.220 e. The number of allylic oxidation sites excluding steroid dienone is 19.